The highest BCUT2D eigenvalue weighted by Crippen LogP contribution is 2.10. The van der Waals surface area contributed by atoms with E-state index in [1.165, 1.54) is 6.07 Å². The fourth-order valence-electron chi connectivity index (χ4n) is 1.50. The number of carboxylic acids is 1. The second-order valence-corrected chi connectivity index (χ2v) is 3.82. The van der Waals surface area contributed by atoms with E-state index in [2.05, 4.69) is 10.5 Å². The first-order chi connectivity index (χ1) is 9.06. The van der Waals surface area contributed by atoms with E-state index in [1.54, 1.807) is 0 Å². The van der Waals surface area contributed by atoms with Gasteiger partial charge in [-0.2, -0.15) is 0 Å². The first kappa shape index (κ1) is 13.2. The summed E-state index contributed by atoms with van der Waals surface area (Å²) in [5.74, 6) is -1.93. The van der Waals surface area contributed by atoms with Crippen molar-refractivity contribution >= 4 is 5.97 Å². The van der Waals surface area contributed by atoms with Crippen LogP contribution >= 0.6 is 0 Å². The molecule has 0 bridgehead atoms. The van der Waals surface area contributed by atoms with Crippen LogP contribution in [0.1, 0.15) is 21.8 Å². The third kappa shape index (κ3) is 3.35. The van der Waals surface area contributed by atoms with Gasteiger partial charge in [-0.25, -0.2) is 13.6 Å². The maximum atomic E-state index is 13.3. The molecule has 0 amide bonds. The van der Waals surface area contributed by atoms with E-state index in [0.29, 0.717) is 5.76 Å². The summed E-state index contributed by atoms with van der Waals surface area (Å²) < 4.78 is 30.9. The number of rotatable bonds is 5. The Morgan fingerprint density at radius 1 is 1.32 bits per heavy atom. The minimum Gasteiger partial charge on any atom is -0.476 e. The molecule has 5 nitrogen and oxygen atoms in total. The van der Waals surface area contributed by atoms with Crippen LogP contribution in [-0.2, 0) is 13.1 Å². The van der Waals surface area contributed by atoms with Crippen molar-refractivity contribution in [1.29, 1.82) is 0 Å². The smallest absolute Gasteiger partial charge is 0.358 e. The van der Waals surface area contributed by atoms with Crippen molar-refractivity contribution in [1.82, 2.24) is 10.5 Å². The molecule has 1 aromatic heterocycles. The fourth-order valence-corrected chi connectivity index (χ4v) is 1.50. The second kappa shape index (κ2) is 5.57. The van der Waals surface area contributed by atoms with Crippen LogP contribution in [0.25, 0.3) is 0 Å². The molecular weight excluding hydrogens is 258 g/mol. The van der Waals surface area contributed by atoms with Gasteiger partial charge in [0.15, 0.2) is 11.5 Å². The lowest BCUT2D eigenvalue weighted by atomic mass is 10.2. The Morgan fingerprint density at radius 2 is 2.11 bits per heavy atom. The van der Waals surface area contributed by atoms with Crippen molar-refractivity contribution in [2.24, 2.45) is 0 Å². The van der Waals surface area contributed by atoms with Crippen molar-refractivity contribution in [3.05, 3.63) is 52.9 Å². The van der Waals surface area contributed by atoms with Crippen LogP contribution < -0.4 is 5.32 Å². The van der Waals surface area contributed by atoms with Gasteiger partial charge >= 0.3 is 5.97 Å². The lowest BCUT2D eigenvalue weighted by Crippen LogP contribution is -2.13. The van der Waals surface area contributed by atoms with Crippen LogP contribution in [-0.4, -0.2) is 16.2 Å². The van der Waals surface area contributed by atoms with Gasteiger partial charge in [-0.3, -0.25) is 0 Å². The van der Waals surface area contributed by atoms with E-state index in [9.17, 15) is 13.6 Å². The third-order valence-electron chi connectivity index (χ3n) is 2.40. The summed E-state index contributed by atoms with van der Waals surface area (Å²) in [6.07, 6.45) is 0. The molecule has 0 radical (unpaired) electrons. The molecule has 0 aliphatic carbocycles. The molecule has 1 heterocycles. The van der Waals surface area contributed by atoms with Crippen molar-refractivity contribution in [2.45, 2.75) is 13.1 Å². The van der Waals surface area contributed by atoms with Gasteiger partial charge in [-0.1, -0.05) is 5.16 Å². The van der Waals surface area contributed by atoms with Crippen LogP contribution in [0.3, 0.4) is 0 Å². The number of aromatic nitrogens is 1. The van der Waals surface area contributed by atoms with Gasteiger partial charge in [-0.05, 0) is 18.2 Å². The van der Waals surface area contributed by atoms with E-state index >= 15 is 0 Å². The number of aromatic carboxylic acids is 1. The third-order valence-corrected chi connectivity index (χ3v) is 2.40. The lowest BCUT2D eigenvalue weighted by Gasteiger charge is -2.04. The van der Waals surface area contributed by atoms with Crippen molar-refractivity contribution in [3.63, 3.8) is 0 Å². The maximum Gasteiger partial charge on any atom is 0.358 e. The molecule has 0 spiro atoms. The van der Waals surface area contributed by atoms with E-state index in [-0.39, 0.29) is 24.3 Å². The minimum absolute atomic E-state index is 0.0900. The molecule has 0 saturated carbocycles. The summed E-state index contributed by atoms with van der Waals surface area (Å²) in [4.78, 5) is 10.6. The molecule has 0 aliphatic heterocycles. The summed E-state index contributed by atoms with van der Waals surface area (Å²) in [7, 11) is 0. The minimum atomic E-state index is -1.19. The van der Waals surface area contributed by atoms with E-state index in [0.717, 1.165) is 18.2 Å². The number of hydrogen-bond donors (Lipinski definition) is 2. The van der Waals surface area contributed by atoms with Crippen LogP contribution in [0, 0.1) is 11.6 Å². The number of benzene rings is 1. The molecule has 0 unspecified atom stereocenters. The molecule has 2 aromatic rings. The van der Waals surface area contributed by atoms with Gasteiger partial charge in [0.2, 0.25) is 0 Å². The normalized spacial score (nSPS) is 10.6. The molecule has 7 heteroatoms. The second-order valence-electron chi connectivity index (χ2n) is 3.82. The van der Waals surface area contributed by atoms with Crippen molar-refractivity contribution < 1.29 is 23.2 Å². The van der Waals surface area contributed by atoms with Gasteiger partial charge in [0.1, 0.15) is 11.6 Å². The van der Waals surface area contributed by atoms with Gasteiger partial charge in [0.25, 0.3) is 0 Å². The average molecular weight is 268 g/mol. The Hall–Kier alpha value is -2.28. The van der Waals surface area contributed by atoms with Crippen LogP contribution in [0.2, 0.25) is 0 Å². The van der Waals surface area contributed by atoms with Gasteiger partial charge < -0.3 is 14.9 Å². The molecular formula is C12H10F2N2O3. The van der Waals surface area contributed by atoms with Gasteiger partial charge in [0, 0.05) is 18.2 Å². The van der Waals surface area contributed by atoms with Crippen molar-refractivity contribution in [2.75, 3.05) is 0 Å². The molecule has 0 saturated heterocycles. The van der Waals surface area contributed by atoms with Crippen LogP contribution in [0.4, 0.5) is 8.78 Å². The summed E-state index contributed by atoms with van der Waals surface area (Å²) in [5, 5.41) is 14.8. The fraction of sp³-hybridized carbons (Fsp3) is 0.167. The average Bonchev–Trinajstić information content (AvgIpc) is 2.82. The monoisotopic (exact) mass is 268 g/mol. The Bertz CT molecular complexity index is 598. The summed E-state index contributed by atoms with van der Waals surface area (Å²) in [5.41, 5.74) is -0.0216. The molecule has 100 valence electrons. The summed E-state index contributed by atoms with van der Waals surface area (Å²) in [6.45, 7) is 0.253. The Kier molecular flexibility index (Phi) is 3.86. The first-order valence-corrected chi connectivity index (χ1v) is 5.40. The van der Waals surface area contributed by atoms with E-state index in [1.807, 2.05) is 0 Å². The molecule has 1 aromatic carbocycles. The zero-order valence-corrected chi connectivity index (χ0v) is 9.69. The quantitative estimate of drug-likeness (QED) is 0.866. The number of halogens is 2. The number of nitrogens with one attached hydrogen (secondary N) is 1. The van der Waals surface area contributed by atoms with E-state index < -0.39 is 17.6 Å². The van der Waals surface area contributed by atoms with E-state index in [4.69, 9.17) is 9.63 Å². The zero-order valence-electron chi connectivity index (χ0n) is 9.69. The lowest BCUT2D eigenvalue weighted by molar-refractivity contribution is 0.0685. The molecule has 2 rings (SSSR count). The Labute approximate surface area is 106 Å². The number of carboxylic acid groups (broad SMARTS) is 1. The van der Waals surface area contributed by atoms with Gasteiger partial charge in [-0.15, -0.1) is 0 Å². The maximum absolute atomic E-state index is 13.3. The number of nitrogens with zero attached hydrogens (tertiary/aromatic N) is 1. The summed E-state index contributed by atoms with van der Waals surface area (Å²) in [6, 6.07) is 4.43. The first-order valence-electron chi connectivity index (χ1n) is 5.40. The molecule has 0 atom stereocenters. The summed E-state index contributed by atoms with van der Waals surface area (Å²) >= 11 is 0. The molecule has 0 aliphatic rings. The SMILES string of the molecule is O=C(O)c1cc(CNCc2cc(F)ccc2F)on1. The highest BCUT2D eigenvalue weighted by Gasteiger charge is 2.10. The molecule has 2 N–H and O–H groups in total. The standard InChI is InChI=1S/C12H10F2N2O3/c13-8-1-2-10(14)7(3-8)5-15-6-9-4-11(12(17)18)16-19-9/h1-4,15H,5-6H2,(H,17,18). The largest absolute Gasteiger partial charge is 0.476 e. The molecule has 0 fully saturated rings. The van der Waals surface area contributed by atoms with Gasteiger partial charge in [0.05, 0.1) is 6.54 Å². The highest BCUT2D eigenvalue weighted by atomic mass is 19.1. The Morgan fingerprint density at radius 3 is 2.79 bits per heavy atom. The van der Waals surface area contributed by atoms with Crippen molar-refractivity contribution in [3.8, 4) is 0 Å². The highest BCUT2D eigenvalue weighted by molar-refractivity contribution is 5.85. The zero-order chi connectivity index (χ0) is 13.8. The number of hydrogen-bond acceptors (Lipinski definition) is 4. The Balaban J connectivity index is 1.92. The number of carbonyl (C=O) groups is 1. The van der Waals surface area contributed by atoms with Crippen LogP contribution in [0.5, 0.6) is 0 Å². The topological polar surface area (TPSA) is 75.4 Å². The predicted octanol–water partition coefficient (Wildman–Crippen LogP) is 1.94. The molecule has 19 heavy (non-hydrogen) atoms. The van der Waals surface area contributed by atoms with Crippen LogP contribution in [0.15, 0.2) is 28.8 Å². The predicted molar refractivity (Wildman–Crippen MR) is 60.4 cm³/mol.